The van der Waals surface area contributed by atoms with Crippen LogP contribution in [-0.4, -0.2) is 38.8 Å². The van der Waals surface area contributed by atoms with Crippen LogP contribution >= 0.6 is 0 Å². The minimum absolute atomic E-state index is 0.415. The molecule has 1 aliphatic carbocycles. The highest BCUT2D eigenvalue weighted by Crippen LogP contribution is 2.38. The Kier molecular flexibility index (Phi) is 3.39. The Hall–Kier alpha value is -0.870. The lowest BCUT2D eigenvalue weighted by Crippen LogP contribution is -2.41. The van der Waals surface area contributed by atoms with Crippen molar-refractivity contribution in [1.82, 2.24) is 4.90 Å². The smallest absolute Gasteiger partial charge is 0.119 e. The largest absolute Gasteiger partial charge is 0.508 e. The second-order valence-electron chi connectivity index (χ2n) is 5.14. The molecule has 0 amide bonds. The molecule has 0 radical (unpaired) electrons. The Morgan fingerprint density at radius 3 is 2.83 bits per heavy atom. The zero-order valence-corrected chi connectivity index (χ0v) is 11.3. The number of hydrogen-bond acceptors (Lipinski definition) is 3. The van der Waals surface area contributed by atoms with E-state index in [-0.39, 0.29) is 0 Å². The Bertz CT molecular complexity index is 465. The molecule has 98 valence electrons. The third kappa shape index (κ3) is 2.19. The van der Waals surface area contributed by atoms with Gasteiger partial charge in [0.15, 0.2) is 0 Å². The molecule has 0 bridgehead atoms. The summed E-state index contributed by atoms with van der Waals surface area (Å²) in [6.07, 6.45) is 3.27. The number of phenols is 1. The van der Waals surface area contributed by atoms with E-state index in [0.717, 1.165) is 49.4 Å². The molecule has 4 heteroatoms. The summed E-state index contributed by atoms with van der Waals surface area (Å²) in [4.78, 5) is 2.44. The first-order chi connectivity index (χ1) is 8.75. The molecule has 1 heterocycles. The summed E-state index contributed by atoms with van der Waals surface area (Å²) in [5.74, 6) is 2.03. The molecule has 1 saturated heterocycles. The summed E-state index contributed by atoms with van der Waals surface area (Å²) in [6, 6.07) is 6.28. The maximum Gasteiger partial charge on any atom is 0.119 e. The predicted octanol–water partition coefficient (Wildman–Crippen LogP) is 1.83. The van der Waals surface area contributed by atoms with Gasteiger partial charge < -0.3 is 5.11 Å². The summed E-state index contributed by atoms with van der Waals surface area (Å²) in [5, 5.41) is 9.95. The van der Waals surface area contributed by atoms with Crippen LogP contribution in [0.2, 0.25) is 0 Å². The van der Waals surface area contributed by atoms with Crippen molar-refractivity contribution in [2.24, 2.45) is 0 Å². The van der Waals surface area contributed by atoms with Crippen molar-refractivity contribution in [3.05, 3.63) is 29.3 Å². The molecule has 3 nitrogen and oxygen atoms in total. The molecule has 0 saturated carbocycles. The third-order valence-electron chi connectivity index (χ3n) is 4.10. The summed E-state index contributed by atoms with van der Waals surface area (Å²) in [6.45, 7) is 1.85. The van der Waals surface area contributed by atoms with Crippen molar-refractivity contribution < 1.29 is 9.32 Å². The van der Waals surface area contributed by atoms with Gasteiger partial charge in [-0.2, -0.15) is 0 Å². The molecule has 2 aliphatic rings. The van der Waals surface area contributed by atoms with E-state index >= 15 is 0 Å². The van der Waals surface area contributed by atoms with Gasteiger partial charge in [-0.15, -0.1) is 0 Å². The van der Waals surface area contributed by atoms with E-state index in [1.807, 2.05) is 6.07 Å². The first-order valence-electron chi connectivity index (χ1n) is 6.65. The maximum absolute atomic E-state index is 11.4. The van der Waals surface area contributed by atoms with E-state index in [9.17, 15) is 9.32 Å². The second-order valence-corrected chi connectivity index (χ2v) is 6.83. The number of aromatic hydroxyl groups is 1. The Labute approximate surface area is 110 Å². The van der Waals surface area contributed by atoms with Crippen LogP contribution in [0.25, 0.3) is 0 Å². The SMILES string of the molecule is O=S1CCN(C2CCCc3c(O)cccc32)CC1. The fourth-order valence-corrected chi connectivity index (χ4v) is 4.23. The zero-order chi connectivity index (χ0) is 12.5. The lowest BCUT2D eigenvalue weighted by Gasteiger charge is -2.37. The molecular weight excluding hydrogens is 246 g/mol. The average Bonchev–Trinajstić information content (AvgIpc) is 2.40. The number of nitrogens with zero attached hydrogens (tertiary/aromatic N) is 1. The van der Waals surface area contributed by atoms with Crippen molar-refractivity contribution in [2.75, 3.05) is 24.6 Å². The molecule has 1 aromatic rings. The summed E-state index contributed by atoms with van der Waals surface area (Å²) in [7, 11) is -0.619. The van der Waals surface area contributed by atoms with Crippen LogP contribution in [0.5, 0.6) is 5.75 Å². The summed E-state index contributed by atoms with van der Waals surface area (Å²) < 4.78 is 11.4. The van der Waals surface area contributed by atoms with Gasteiger partial charge in [0.05, 0.1) is 0 Å². The molecular formula is C14H19NO2S. The summed E-state index contributed by atoms with van der Waals surface area (Å²) in [5.41, 5.74) is 2.41. The minimum Gasteiger partial charge on any atom is -0.508 e. The number of hydrogen-bond donors (Lipinski definition) is 1. The molecule has 1 N–H and O–H groups in total. The zero-order valence-electron chi connectivity index (χ0n) is 10.5. The monoisotopic (exact) mass is 265 g/mol. The quantitative estimate of drug-likeness (QED) is 0.842. The van der Waals surface area contributed by atoms with Crippen LogP contribution in [0.1, 0.15) is 30.0 Å². The van der Waals surface area contributed by atoms with E-state index in [1.165, 1.54) is 5.56 Å². The van der Waals surface area contributed by atoms with Crippen LogP contribution < -0.4 is 0 Å². The number of rotatable bonds is 1. The van der Waals surface area contributed by atoms with Gasteiger partial charge >= 0.3 is 0 Å². The number of benzene rings is 1. The van der Waals surface area contributed by atoms with Crippen molar-refractivity contribution in [1.29, 1.82) is 0 Å². The topological polar surface area (TPSA) is 40.5 Å². The maximum atomic E-state index is 11.4. The fraction of sp³-hybridized carbons (Fsp3) is 0.571. The van der Waals surface area contributed by atoms with Crippen LogP contribution in [0.4, 0.5) is 0 Å². The van der Waals surface area contributed by atoms with Crippen molar-refractivity contribution in [3.8, 4) is 5.75 Å². The van der Waals surface area contributed by atoms with Crippen molar-refractivity contribution in [2.45, 2.75) is 25.3 Å². The van der Waals surface area contributed by atoms with Gasteiger partial charge in [-0.25, -0.2) is 0 Å². The van der Waals surface area contributed by atoms with Crippen LogP contribution in [0.15, 0.2) is 18.2 Å². The second kappa shape index (κ2) is 5.02. The number of fused-ring (bicyclic) bond motifs is 1. The van der Waals surface area contributed by atoms with Crippen LogP contribution in [0.3, 0.4) is 0 Å². The fourth-order valence-electron chi connectivity index (χ4n) is 3.15. The number of phenolic OH excluding ortho intramolecular Hbond substituents is 1. The van der Waals surface area contributed by atoms with E-state index in [1.54, 1.807) is 6.07 Å². The molecule has 1 aliphatic heterocycles. The average molecular weight is 265 g/mol. The van der Waals surface area contributed by atoms with Crippen molar-refractivity contribution >= 4 is 10.8 Å². The minimum atomic E-state index is -0.619. The molecule has 1 fully saturated rings. The Morgan fingerprint density at radius 2 is 2.06 bits per heavy atom. The van der Waals surface area contributed by atoms with Gasteiger partial charge in [0.25, 0.3) is 0 Å². The van der Waals surface area contributed by atoms with Gasteiger partial charge in [0.2, 0.25) is 0 Å². The highest BCUT2D eigenvalue weighted by Gasteiger charge is 2.29. The van der Waals surface area contributed by atoms with Crippen LogP contribution in [-0.2, 0) is 17.2 Å². The first kappa shape index (κ1) is 12.2. The predicted molar refractivity (Wildman–Crippen MR) is 73.2 cm³/mol. The lowest BCUT2D eigenvalue weighted by atomic mass is 9.86. The van der Waals surface area contributed by atoms with E-state index < -0.39 is 10.8 Å². The first-order valence-corrected chi connectivity index (χ1v) is 8.14. The molecule has 0 spiro atoms. The molecule has 0 aromatic heterocycles. The molecule has 1 unspecified atom stereocenters. The van der Waals surface area contributed by atoms with E-state index in [0.29, 0.717) is 11.8 Å². The standard InChI is InChI=1S/C14H19NO2S/c16-14-6-2-3-11-12(14)4-1-5-13(11)15-7-9-18(17)10-8-15/h2-3,6,13,16H,1,4-5,7-10H2. The normalized spacial score (nSPS) is 25.9. The molecule has 1 aromatic carbocycles. The Morgan fingerprint density at radius 1 is 1.28 bits per heavy atom. The van der Waals surface area contributed by atoms with Gasteiger partial charge in [0, 0.05) is 41.4 Å². The van der Waals surface area contributed by atoms with E-state index in [4.69, 9.17) is 0 Å². The van der Waals surface area contributed by atoms with Gasteiger partial charge in [0.1, 0.15) is 5.75 Å². The highest BCUT2D eigenvalue weighted by molar-refractivity contribution is 7.85. The van der Waals surface area contributed by atoms with Gasteiger partial charge in [-0.3, -0.25) is 9.11 Å². The molecule has 1 atom stereocenters. The van der Waals surface area contributed by atoms with E-state index in [2.05, 4.69) is 11.0 Å². The molecule has 18 heavy (non-hydrogen) atoms. The highest BCUT2D eigenvalue weighted by atomic mass is 32.2. The van der Waals surface area contributed by atoms with Gasteiger partial charge in [-0.1, -0.05) is 12.1 Å². The van der Waals surface area contributed by atoms with Crippen LogP contribution in [0, 0.1) is 0 Å². The van der Waals surface area contributed by atoms with Gasteiger partial charge in [-0.05, 0) is 36.5 Å². The lowest BCUT2D eigenvalue weighted by molar-refractivity contribution is 0.194. The van der Waals surface area contributed by atoms with Crippen molar-refractivity contribution in [3.63, 3.8) is 0 Å². The third-order valence-corrected chi connectivity index (χ3v) is 5.38. The summed E-state index contributed by atoms with van der Waals surface area (Å²) >= 11 is 0. The molecule has 3 rings (SSSR count). The Balaban J connectivity index is 1.87.